The van der Waals surface area contributed by atoms with Crippen molar-refractivity contribution in [3.05, 3.63) is 82.9 Å². The number of allylic oxidation sites excluding steroid dienone is 3. The third-order valence-electron chi connectivity index (χ3n) is 3.76. The second-order valence-electron chi connectivity index (χ2n) is 6.97. The fourth-order valence-electron chi connectivity index (χ4n) is 2.32. The minimum absolute atomic E-state index is 0.0371. The van der Waals surface area contributed by atoms with Gasteiger partial charge in [-0.05, 0) is 63.1 Å². The van der Waals surface area contributed by atoms with E-state index >= 15 is 0 Å². The molecule has 0 saturated carbocycles. The first-order valence-corrected chi connectivity index (χ1v) is 9.17. The van der Waals surface area contributed by atoms with Crippen LogP contribution in [-0.2, 0) is 0 Å². The van der Waals surface area contributed by atoms with Gasteiger partial charge in [-0.1, -0.05) is 23.8 Å². The second kappa shape index (κ2) is 10.3. The summed E-state index contributed by atoms with van der Waals surface area (Å²) in [5.41, 5.74) is 2.71. The molecule has 1 N–H and O–H groups in total. The molecule has 0 aliphatic carbocycles. The monoisotopic (exact) mass is 396 g/mol. The van der Waals surface area contributed by atoms with Crippen molar-refractivity contribution in [2.75, 3.05) is 6.61 Å². The summed E-state index contributed by atoms with van der Waals surface area (Å²) < 4.78 is 24.3. The molecule has 29 heavy (non-hydrogen) atoms. The smallest absolute Gasteiger partial charge is 0.193 e. The standard InChI is InChI=1S/C24H25FO4/c1-16(2)11-12-28-23-14-20(29-15-17(3)4)13-22(27)24(23)21(26)10-7-18-5-8-19(25)9-6-18/h5-11,13-15,27H,12H2,1-4H3/b10-7+. The predicted octanol–water partition coefficient (Wildman–Crippen LogP) is 6.07. The van der Waals surface area contributed by atoms with Gasteiger partial charge in [-0.25, -0.2) is 4.39 Å². The Balaban J connectivity index is 2.35. The number of halogens is 1. The van der Waals surface area contributed by atoms with Crippen LogP contribution in [0.5, 0.6) is 17.2 Å². The molecule has 0 spiro atoms. The van der Waals surface area contributed by atoms with E-state index in [2.05, 4.69) is 0 Å². The van der Waals surface area contributed by atoms with Crippen LogP contribution in [0, 0.1) is 5.82 Å². The fourth-order valence-corrected chi connectivity index (χ4v) is 2.32. The van der Waals surface area contributed by atoms with Crippen molar-refractivity contribution >= 4 is 11.9 Å². The molecule has 2 aromatic carbocycles. The normalized spacial score (nSPS) is 10.5. The largest absolute Gasteiger partial charge is 0.507 e. The Kier molecular flexibility index (Phi) is 7.78. The zero-order chi connectivity index (χ0) is 21.4. The van der Waals surface area contributed by atoms with Crippen LogP contribution in [0.15, 0.2) is 66.0 Å². The van der Waals surface area contributed by atoms with E-state index in [-0.39, 0.29) is 29.5 Å². The van der Waals surface area contributed by atoms with Crippen LogP contribution in [0.3, 0.4) is 0 Å². The third kappa shape index (κ3) is 6.96. The molecule has 2 rings (SSSR count). The zero-order valence-corrected chi connectivity index (χ0v) is 17.0. The average molecular weight is 396 g/mol. The molecular formula is C24H25FO4. The lowest BCUT2D eigenvalue weighted by atomic mass is 10.1. The van der Waals surface area contributed by atoms with E-state index in [9.17, 15) is 14.3 Å². The summed E-state index contributed by atoms with van der Waals surface area (Å²) in [5, 5.41) is 10.4. The van der Waals surface area contributed by atoms with Gasteiger partial charge in [0.15, 0.2) is 5.78 Å². The Morgan fingerprint density at radius 3 is 2.38 bits per heavy atom. The van der Waals surface area contributed by atoms with Gasteiger partial charge < -0.3 is 14.6 Å². The number of phenols is 1. The number of phenolic OH excluding ortho intramolecular Hbond substituents is 1. The van der Waals surface area contributed by atoms with E-state index in [4.69, 9.17) is 9.47 Å². The maximum atomic E-state index is 13.0. The molecule has 0 bridgehead atoms. The van der Waals surface area contributed by atoms with Gasteiger partial charge in [0.25, 0.3) is 0 Å². The highest BCUT2D eigenvalue weighted by molar-refractivity contribution is 6.10. The number of rotatable bonds is 8. The molecule has 5 heteroatoms. The molecule has 0 aliphatic rings. The number of hydrogen-bond acceptors (Lipinski definition) is 4. The first-order valence-electron chi connectivity index (χ1n) is 9.17. The molecule has 0 saturated heterocycles. The highest BCUT2D eigenvalue weighted by atomic mass is 19.1. The lowest BCUT2D eigenvalue weighted by Gasteiger charge is -2.12. The molecule has 0 unspecified atom stereocenters. The second-order valence-corrected chi connectivity index (χ2v) is 6.97. The van der Waals surface area contributed by atoms with Crippen molar-refractivity contribution < 1.29 is 23.8 Å². The van der Waals surface area contributed by atoms with E-state index in [1.54, 1.807) is 30.5 Å². The van der Waals surface area contributed by atoms with Gasteiger partial charge in [-0.3, -0.25) is 4.79 Å². The van der Waals surface area contributed by atoms with Crippen LogP contribution in [-0.4, -0.2) is 17.5 Å². The third-order valence-corrected chi connectivity index (χ3v) is 3.76. The maximum absolute atomic E-state index is 13.0. The van der Waals surface area contributed by atoms with E-state index in [0.29, 0.717) is 11.3 Å². The van der Waals surface area contributed by atoms with Gasteiger partial charge in [-0.15, -0.1) is 0 Å². The summed E-state index contributed by atoms with van der Waals surface area (Å²) >= 11 is 0. The maximum Gasteiger partial charge on any atom is 0.193 e. The molecule has 4 nitrogen and oxygen atoms in total. The zero-order valence-electron chi connectivity index (χ0n) is 17.0. The summed E-state index contributed by atoms with van der Waals surface area (Å²) in [6.07, 6.45) is 6.27. The van der Waals surface area contributed by atoms with Gasteiger partial charge in [0.2, 0.25) is 0 Å². The molecule has 0 amide bonds. The fraction of sp³-hybridized carbons (Fsp3) is 0.208. The molecule has 0 aliphatic heterocycles. The van der Waals surface area contributed by atoms with Gasteiger partial charge >= 0.3 is 0 Å². The molecule has 0 aromatic heterocycles. The molecule has 152 valence electrons. The van der Waals surface area contributed by atoms with E-state index in [1.807, 2.05) is 33.8 Å². The van der Waals surface area contributed by atoms with Crippen LogP contribution in [0.1, 0.15) is 43.6 Å². The first kappa shape index (κ1) is 22.0. The number of carbonyl (C=O) groups excluding carboxylic acids is 1. The van der Waals surface area contributed by atoms with E-state index < -0.39 is 5.78 Å². The number of ether oxygens (including phenoxy) is 2. The number of ketones is 1. The van der Waals surface area contributed by atoms with Crippen LogP contribution in [0.2, 0.25) is 0 Å². The summed E-state index contributed by atoms with van der Waals surface area (Å²) in [5.74, 6) is -0.463. The summed E-state index contributed by atoms with van der Waals surface area (Å²) in [6.45, 7) is 7.88. The number of benzene rings is 2. The topological polar surface area (TPSA) is 55.8 Å². The molecule has 0 fully saturated rings. The minimum atomic E-state index is -0.437. The minimum Gasteiger partial charge on any atom is -0.507 e. The van der Waals surface area contributed by atoms with E-state index in [0.717, 1.165) is 11.1 Å². The summed E-state index contributed by atoms with van der Waals surface area (Å²) in [6, 6.07) is 8.67. The van der Waals surface area contributed by atoms with Crippen molar-refractivity contribution in [2.45, 2.75) is 27.7 Å². The lowest BCUT2D eigenvalue weighted by Crippen LogP contribution is -2.04. The Bertz CT molecular complexity index is 946. The molecule has 0 radical (unpaired) electrons. The van der Waals surface area contributed by atoms with Crippen molar-refractivity contribution in [3.63, 3.8) is 0 Å². The molecule has 0 heterocycles. The van der Waals surface area contributed by atoms with Crippen LogP contribution in [0.4, 0.5) is 4.39 Å². The van der Waals surface area contributed by atoms with E-state index in [1.165, 1.54) is 24.3 Å². The highest BCUT2D eigenvalue weighted by Crippen LogP contribution is 2.34. The van der Waals surface area contributed by atoms with Crippen molar-refractivity contribution in [3.8, 4) is 17.2 Å². The average Bonchev–Trinajstić information content (AvgIpc) is 2.65. The van der Waals surface area contributed by atoms with Crippen molar-refractivity contribution in [1.82, 2.24) is 0 Å². The Morgan fingerprint density at radius 1 is 1.07 bits per heavy atom. The van der Waals surface area contributed by atoms with Crippen LogP contribution >= 0.6 is 0 Å². The molecular weight excluding hydrogens is 371 g/mol. The number of hydrogen-bond donors (Lipinski definition) is 1. The predicted molar refractivity (Wildman–Crippen MR) is 113 cm³/mol. The van der Waals surface area contributed by atoms with Crippen LogP contribution < -0.4 is 9.47 Å². The number of aromatic hydroxyl groups is 1. The van der Waals surface area contributed by atoms with Gasteiger partial charge in [0.1, 0.15) is 35.2 Å². The number of carbonyl (C=O) groups is 1. The van der Waals surface area contributed by atoms with Crippen LogP contribution in [0.25, 0.3) is 6.08 Å². The van der Waals surface area contributed by atoms with Crippen molar-refractivity contribution in [1.29, 1.82) is 0 Å². The SMILES string of the molecule is CC(C)=CCOc1cc(OC=C(C)C)cc(O)c1C(=O)/C=C/c1ccc(F)cc1. The van der Waals surface area contributed by atoms with Gasteiger partial charge in [0, 0.05) is 12.1 Å². The van der Waals surface area contributed by atoms with Gasteiger partial charge in [0.05, 0.1) is 6.26 Å². The Hall–Kier alpha value is -3.34. The Morgan fingerprint density at radius 2 is 1.76 bits per heavy atom. The quantitative estimate of drug-likeness (QED) is 0.254. The Labute approximate surface area is 170 Å². The lowest BCUT2D eigenvalue weighted by molar-refractivity contribution is 0.104. The summed E-state index contributed by atoms with van der Waals surface area (Å²) in [7, 11) is 0. The summed E-state index contributed by atoms with van der Waals surface area (Å²) in [4.78, 5) is 12.7. The van der Waals surface area contributed by atoms with Gasteiger partial charge in [-0.2, -0.15) is 0 Å². The molecule has 0 atom stereocenters. The molecule has 2 aromatic rings. The highest BCUT2D eigenvalue weighted by Gasteiger charge is 2.18. The first-order chi connectivity index (χ1) is 13.8. The van der Waals surface area contributed by atoms with Crippen molar-refractivity contribution in [2.24, 2.45) is 0 Å².